The van der Waals surface area contributed by atoms with Crippen LogP contribution in [-0.4, -0.2) is 10.9 Å². The third-order valence-electron chi connectivity index (χ3n) is 4.41. The maximum Gasteiger partial charge on any atom is 0.250 e. The van der Waals surface area contributed by atoms with Gasteiger partial charge in [-0.3, -0.25) is 9.78 Å². The highest BCUT2D eigenvalue weighted by Gasteiger charge is 2.35. The monoisotopic (exact) mass is 345 g/mol. The number of benzene rings is 2. The van der Waals surface area contributed by atoms with Crippen molar-refractivity contribution in [2.24, 2.45) is 0 Å². The number of aromatic nitrogens is 1. The van der Waals surface area contributed by atoms with E-state index in [4.69, 9.17) is 0 Å². The Labute approximate surface area is 154 Å². The van der Waals surface area contributed by atoms with E-state index in [1.54, 1.807) is 6.20 Å². The molecule has 0 aliphatic carbocycles. The number of aryl methyl sites for hydroxylation is 1. The maximum atomic E-state index is 13.1. The molecule has 0 spiro atoms. The van der Waals surface area contributed by atoms with Crippen LogP contribution in [-0.2, 0) is 16.9 Å². The highest BCUT2D eigenvalue weighted by Crippen LogP contribution is 2.27. The molecule has 4 nitrogen and oxygen atoms in total. The number of carbonyl (C=O) groups excluding carboxylic acids is 1. The van der Waals surface area contributed by atoms with Gasteiger partial charge in [-0.15, -0.1) is 0 Å². The zero-order valence-corrected chi connectivity index (χ0v) is 15.1. The first-order chi connectivity index (χ1) is 12.6. The Morgan fingerprint density at radius 2 is 1.65 bits per heavy atom. The van der Waals surface area contributed by atoms with Crippen LogP contribution in [0.2, 0.25) is 0 Å². The third-order valence-corrected chi connectivity index (χ3v) is 4.41. The summed E-state index contributed by atoms with van der Waals surface area (Å²) in [6.07, 6.45) is 1.72. The number of hydrogen-bond acceptors (Lipinski definition) is 3. The SMILES string of the molecule is Cc1ccc(NC(C)(C(=O)NCc2ccccn2)c2ccccc2)cc1. The summed E-state index contributed by atoms with van der Waals surface area (Å²) in [5, 5.41) is 6.41. The first-order valence-electron chi connectivity index (χ1n) is 8.66. The van der Waals surface area contributed by atoms with Gasteiger partial charge in [0.25, 0.3) is 0 Å². The number of hydrogen-bond donors (Lipinski definition) is 2. The number of nitrogens with zero attached hydrogens (tertiary/aromatic N) is 1. The highest BCUT2D eigenvalue weighted by molar-refractivity contribution is 5.90. The molecule has 2 N–H and O–H groups in total. The fraction of sp³-hybridized carbons (Fsp3) is 0.182. The zero-order chi connectivity index (χ0) is 18.4. The number of pyridine rings is 1. The molecule has 0 saturated heterocycles. The minimum absolute atomic E-state index is 0.102. The fourth-order valence-corrected chi connectivity index (χ4v) is 2.81. The standard InChI is InChI=1S/C22H23N3O/c1-17-11-13-19(14-12-17)25-22(2,18-8-4-3-5-9-18)21(26)24-16-20-10-6-7-15-23-20/h3-15,25H,16H2,1-2H3,(H,24,26). The summed E-state index contributed by atoms with van der Waals surface area (Å²) in [7, 11) is 0. The summed E-state index contributed by atoms with van der Waals surface area (Å²) in [6.45, 7) is 4.33. The van der Waals surface area contributed by atoms with Gasteiger partial charge in [-0.25, -0.2) is 0 Å². The summed E-state index contributed by atoms with van der Waals surface area (Å²) >= 11 is 0. The number of anilines is 1. The molecular formula is C22H23N3O. The van der Waals surface area contributed by atoms with Crippen molar-refractivity contribution in [3.8, 4) is 0 Å². The molecule has 1 aromatic heterocycles. The van der Waals surface area contributed by atoms with Gasteiger partial charge < -0.3 is 10.6 Å². The third kappa shape index (κ3) is 4.09. The summed E-state index contributed by atoms with van der Waals surface area (Å²) < 4.78 is 0. The van der Waals surface area contributed by atoms with E-state index in [9.17, 15) is 4.79 Å². The van der Waals surface area contributed by atoms with Gasteiger partial charge in [0.15, 0.2) is 0 Å². The van der Waals surface area contributed by atoms with E-state index < -0.39 is 5.54 Å². The molecule has 26 heavy (non-hydrogen) atoms. The van der Waals surface area contributed by atoms with E-state index in [-0.39, 0.29) is 5.91 Å². The number of rotatable bonds is 6. The molecule has 0 aliphatic rings. The Hall–Kier alpha value is -3.14. The van der Waals surface area contributed by atoms with Crippen molar-refractivity contribution in [2.45, 2.75) is 25.9 Å². The van der Waals surface area contributed by atoms with Gasteiger partial charge in [0, 0.05) is 11.9 Å². The lowest BCUT2D eigenvalue weighted by atomic mass is 9.90. The molecule has 3 aromatic rings. The normalized spacial score (nSPS) is 12.8. The average Bonchev–Trinajstić information content (AvgIpc) is 2.69. The van der Waals surface area contributed by atoms with E-state index in [1.807, 2.05) is 86.6 Å². The quantitative estimate of drug-likeness (QED) is 0.709. The molecule has 1 atom stereocenters. The summed E-state index contributed by atoms with van der Waals surface area (Å²) in [5.74, 6) is -0.102. The fourth-order valence-electron chi connectivity index (χ4n) is 2.81. The van der Waals surface area contributed by atoms with E-state index in [1.165, 1.54) is 5.56 Å². The first kappa shape index (κ1) is 17.7. The second kappa shape index (κ2) is 7.83. The van der Waals surface area contributed by atoms with Gasteiger partial charge in [0.1, 0.15) is 5.54 Å². The zero-order valence-electron chi connectivity index (χ0n) is 15.1. The molecule has 0 saturated carbocycles. The number of nitrogens with one attached hydrogen (secondary N) is 2. The van der Waals surface area contributed by atoms with Crippen molar-refractivity contribution in [3.63, 3.8) is 0 Å². The molecule has 0 fully saturated rings. The van der Waals surface area contributed by atoms with Crippen LogP contribution in [0.4, 0.5) is 5.69 Å². The van der Waals surface area contributed by atoms with Crippen LogP contribution in [0.5, 0.6) is 0 Å². The highest BCUT2D eigenvalue weighted by atomic mass is 16.2. The van der Waals surface area contributed by atoms with Crippen molar-refractivity contribution >= 4 is 11.6 Å². The molecule has 1 heterocycles. The Morgan fingerprint density at radius 1 is 0.962 bits per heavy atom. The van der Waals surface area contributed by atoms with Gasteiger partial charge in [-0.1, -0.05) is 54.1 Å². The molecular weight excluding hydrogens is 322 g/mol. The van der Waals surface area contributed by atoms with Crippen molar-refractivity contribution in [1.29, 1.82) is 0 Å². The van der Waals surface area contributed by atoms with Crippen LogP contribution < -0.4 is 10.6 Å². The lowest BCUT2D eigenvalue weighted by Gasteiger charge is -2.31. The van der Waals surface area contributed by atoms with Crippen molar-refractivity contribution in [2.75, 3.05) is 5.32 Å². The van der Waals surface area contributed by atoms with Crippen LogP contribution in [0.1, 0.15) is 23.7 Å². The second-order valence-electron chi connectivity index (χ2n) is 6.49. The molecule has 132 valence electrons. The van der Waals surface area contributed by atoms with Crippen LogP contribution in [0.25, 0.3) is 0 Å². The molecule has 1 unspecified atom stereocenters. The van der Waals surface area contributed by atoms with Crippen molar-refractivity contribution in [3.05, 3.63) is 95.8 Å². The molecule has 0 aliphatic heterocycles. The van der Waals surface area contributed by atoms with Gasteiger partial charge in [-0.05, 0) is 43.7 Å². The average molecular weight is 345 g/mol. The Bertz CT molecular complexity index is 848. The lowest BCUT2D eigenvalue weighted by Crippen LogP contribution is -2.47. The molecule has 3 rings (SSSR count). The van der Waals surface area contributed by atoms with Crippen LogP contribution in [0.3, 0.4) is 0 Å². The van der Waals surface area contributed by atoms with E-state index in [0.29, 0.717) is 6.54 Å². The summed E-state index contributed by atoms with van der Waals surface area (Å²) in [5.41, 5.74) is 2.91. The van der Waals surface area contributed by atoms with Gasteiger partial charge in [0.05, 0.1) is 12.2 Å². The van der Waals surface area contributed by atoms with Crippen LogP contribution >= 0.6 is 0 Å². The van der Waals surface area contributed by atoms with Gasteiger partial charge >= 0.3 is 0 Å². The predicted octanol–water partition coefficient (Wildman–Crippen LogP) is 4.03. The first-order valence-corrected chi connectivity index (χ1v) is 8.66. The molecule has 1 amide bonds. The van der Waals surface area contributed by atoms with Crippen molar-refractivity contribution < 1.29 is 4.79 Å². The van der Waals surface area contributed by atoms with Gasteiger partial charge in [0.2, 0.25) is 5.91 Å². The Balaban J connectivity index is 1.84. The Kier molecular flexibility index (Phi) is 5.32. The summed E-state index contributed by atoms with van der Waals surface area (Å²) in [6, 6.07) is 23.4. The van der Waals surface area contributed by atoms with Crippen LogP contribution in [0, 0.1) is 6.92 Å². The van der Waals surface area contributed by atoms with Crippen LogP contribution in [0.15, 0.2) is 79.0 Å². The number of amides is 1. The maximum absolute atomic E-state index is 13.1. The molecule has 2 aromatic carbocycles. The molecule has 0 radical (unpaired) electrons. The Morgan fingerprint density at radius 3 is 2.31 bits per heavy atom. The second-order valence-corrected chi connectivity index (χ2v) is 6.49. The van der Waals surface area contributed by atoms with Crippen molar-refractivity contribution in [1.82, 2.24) is 10.3 Å². The largest absolute Gasteiger partial charge is 0.368 e. The summed E-state index contributed by atoms with van der Waals surface area (Å²) in [4.78, 5) is 17.4. The minimum atomic E-state index is -0.898. The minimum Gasteiger partial charge on any atom is -0.368 e. The molecule has 0 bridgehead atoms. The smallest absolute Gasteiger partial charge is 0.250 e. The predicted molar refractivity (Wildman–Crippen MR) is 105 cm³/mol. The number of carbonyl (C=O) groups is 1. The van der Waals surface area contributed by atoms with Gasteiger partial charge in [-0.2, -0.15) is 0 Å². The van der Waals surface area contributed by atoms with E-state index in [0.717, 1.165) is 16.9 Å². The van der Waals surface area contributed by atoms with E-state index in [2.05, 4.69) is 15.6 Å². The topological polar surface area (TPSA) is 54.0 Å². The molecule has 4 heteroatoms. The lowest BCUT2D eigenvalue weighted by molar-refractivity contribution is -0.125. The van der Waals surface area contributed by atoms with E-state index >= 15 is 0 Å².